The number of hydrogen-bond donors (Lipinski definition) is 1. The molecule has 0 aromatic heterocycles. The third-order valence-electron chi connectivity index (χ3n) is 3.22. The van der Waals surface area contributed by atoms with Crippen molar-refractivity contribution in [2.75, 3.05) is 0 Å². The third-order valence-corrected chi connectivity index (χ3v) is 3.22. The van der Waals surface area contributed by atoms with Crippen molar-refractivity contribution >= 4 is 17.4 Å². The summed E-state index contributed by atoms with van der Waals surface area (Å²) >= 11 is 0. The molecule has 2 rings (SSSR count). The predicted molar refractivity (Wildman–Crippen MR) is 67.9 cm³/mol. The summed E-state index contributed by atoms with van der Waals surface area (Å²) in [6.07, 6.45) is -0.379. The average Bonchev–Trinajstić information content (AvgIpc) is 2.37. The second-order valence-electron chi connectivity index (χ2n) is 4.62. The quantitative estimate of drug-likeness (QED) is 0.661. The molecule has 0 amide bonds. The SMILES string of the molecule is CC(Oc1ccc2c(c1[N+](=O)[O-])CC(=O)CC2)C(=O)O. The number of aryl methyl sites for hydroxylation is 1. The molecule has 0 bridgehead atoms. The van der Waals surface area contributed by atoms with Gasteiger partial charge in [-0.1, -0.05) is 6.07 Å². The van der Waals surface area contributed by atoms with Crippen LogP contribution in [0.2, 0.25) is 0 Å². The molecule has 0 saturated carbocycles. The summed E-state index contributed by atoms with van der Waals surface area (Å²) in [5.74, 6) is -1.39. The summed E-state index contributed by atoms with van der Waals surface area (Å²) in [5.41, 5.74) is 0.775. The summed E-state index contributed by atoms with van der Waals surface area (Å²) in [4.78, 5) is 32.9. The van der Waals surface area contributed by atoms with Crippen LogP contribution < -0.4 is 4.74 Å². The Morgan fingerprint density at radius 1 is 1.45 bits per heavy atom. The number of rotatable bonds is 4. The van der Waals surface area contributed by atoms with Crippen molar-refractivity contribution in [3.05, 3.63) is 33.4 Å². The van der Waals surface area contributed by atoms with Crippen molar-refractivity contribution < 1.29 is 24.4 Å². The molecule has 7 nitrogen and oxygen atoms in total. The first kappa shape index (κ1) is 14.0. The number of fused-ring (bicyclic) bond motifs is 1. The molecular formula is C13H13NO6. The molecule has 7 heteroatoms. The van der Waals surface area contributed by atoms with Crippen LogP contribution >= 0.6 is 0 Å². The van der Waals surface area contributed by atoms with E-state index >= 15 is 0 Å². The Bertz CT molecular complexity index is 595. The van der Waals surface area contributed by atoms with E-state index in [9.17, 15) is 19.7 Å². The summed E-state index contributed by atoms with van der Waals surface area (Å²) in [7, 11) is 0. The van der Waals surface area contributed by atoms with Gasteiger partial charge in [0.25, 0.3) is 0 Å². The van der Waals surface area contributed by atoms with Crippen LogP contribution in [0, 0.1) is 10.1 Å². The largest absolute Gasteiger partial charge is 0.479 e. The molecule has 1 aromatic rings. The van der Waals surface area contributed by atoms with Crippen molar-refractivity contribution in [2.24, 2.45) is 0 Å². The van der Waals surface area contributed by atoms with Crippen LogP contribution in [-0.4, -0.2) is 27.9 Å². The van der Waals surface area contributed by atoms with E-state index in [2.05, 4.69) is 0 Å². The lowest BCUT2D eigenvalue weighted by molar-refractivity contribution is -0.386. The molecule has 0 heterocycles. The maximum Gasteiger partial charge on any atom is 0.344 e. The van der Waals surface area contributed by atoms with E-state index in [1.54, 1.807) is 6.07 Å². The fourth-order valence-corrected chi connectivity index (χ4v) is 2.18. The molecule has 1 N–H and O–H groups in total. The van der Waals surface area contributed by atoms with Gasteiger partial charge in [-0.2, -0.15) is 0 Å². The van der Waals surface area contributed by atoms with Crippen molar-refractivity contribution in [3.63, 3.8) is 0 Å². The number of nitrogens with zero attached hydrogens (tertiary/aromatic N) is 1. The molecule has 106 valence electrons. The summed E-state index contributed by atoms with van der Waals surface area (Å²) in [6, 6.07) is 3.05. The molecule has 1 aliphatic rings. The number of carbonyl (C=O) groups is 2. The molecule has 20 heavy (non-hydrogen) atoms. The van der Waals surface area contributed by atoms with Crippen LogP contribution in [0.15, 0.2) is 12.1 Å². The van der Waals surface area contributed by atoms with Gasteiger partial charge in [0.2, 0.25) is 0 Å². The van der Waals surface area contributed by atoms with Gasteiger partial charge in [0, 0.05) is 18.4 Å². The highest BCUT2D eigenvalue weighted by atomic mass is 16.6. The monoisotopic (exact) mass is 279 g/mol. The number of benzene rings is 1. The molecule has 0 spiro atoms. The highest BCUT2D eigenvalue weighted by molar-refractivity contribution is 5.85. The maximum absolute atomic E-state index is 11.5. The minimum absolute atomic E-state index is 0.00962. The van der Waals surface area contributed by atoms with Gasteiger partial charge in [-0.25, -0.2) is 4.79 Å². The Balaban J connectivity index is 2.48. The normalized spacial score (nSPS) is 15.3. The van der Waals surface area contributed by atoms with Crippen LogP contribution in [0.25, 0.3) is 0 Å². The van der Waals surface area contributed by atoms with Gasteiger partial charge in [0.05, 0.1) is 4.92 Å². The van der Waals surface area contributed by atoms with E-state index in [1.165, 1.54) is 13.0 Å². The lowest BCUT2D eigenvalue weighted by atomic mass is 9.89. The molecule has 0 saturated heterocycles. The highest BCUT2D eigenvalue weighted by Crippen LogP contribution is 2.37. The molecule has 1 aromatic carbocycles. The fraction of sp³-hybridized carbons (Fsp3) is 0.385. The van der Waals surface area contributed by atoms with Gasteiger partial charge in [-0.05, 0) is 25.0 Å². The first-order valence-electron chi connectivity index (χ1n) is 6.10. The number of aliphatic carboxylic acids is 1. The molecule has 1 atom stereocenters. The average molecular weight is 279 g/mol. The highest BCUT2D eigenvalue weighted by Gasteiger charge is 2.30. The first-order valence-corrected chi connectivity index (χ1v) is 6.10. The second kappa shape index (κ2) is 5.28. The van der Waals surface area contributed by atoms with E-state index in [0.29, 0.717) is 18.4 Å². The smallest absolute Gasteiger partial charge is 0.344 e. The number of ketones is 1. The molecule has 0 fully saturated rings. The fourth-order valence-electron chi connectivity index (χ4n) is 2.18. The standard InChI is InChI=1S/C13H13NO6/c1-7(13(16)17)20-11-5-3-8-2-4-9(15)6-10(8)12(11)14(18)19/h3,5,7H,2,4,6H2,1H3,(H,16,17). The Morgan fingerprint density at radius 3 is 2.75 bits per heavy atom. The molecule has 1 aliphatic carbocycles. The third kappa shape index (κ3) is 2.61. The zero-order valence-corrected chi connectivity index (χ0v) is 10.8. The van der Waals surface area contributed by atoms with E-state index in [1.807, 2.05) is 0 Å². The number of Topliss-reactive ketones (excluding diaryl/α,β-unsaturated/α-hetero) is 1. The van der Waals surface area contributed by atoms with Gasteiger partial charge in [-0.3, -0.25) is 14.9 Å². The summed E-state index contributed by atoms with van der Waals surface area (Å²) in [6.45, 7) is 1.29. The maximum atomic E-state index is 11.5. The number of nitro groups is 1. The Labute approximate surface area is 114 Å². The number of ether oxygens (including phenoxy) is 1. The van der Waals surface area contributed by atoms with Crippen molar-refractivity contribution in [1.82, 2.24) is 0 Å². The number of carboxylic acids is 1. The van der Waals surface area contributed by atoms with Gasteiger partial charge in [0.1, 0.15) is 5.78 Å². The van der Waals surface area contributed by atoms with Gasteiger partial charge in [-0.15, -0.1) is 0 Å². The molecule has 1 unspecified atom stereocenters. The molecule has 0 aliphatic heterocycles. The van der Waals surface area contributed by atoms with Crippen LogP contribution in [0.3, 0.4) is 0 Å². The Morgan fingerprint density at radius 2 is 2.15 bits per heavy atom. The number of carbonyl (C=O) groups excluding carboxylic acids is 1. The minimum atomic E-state index is -1.21. The first-order chi connectivity index (χ1) is 9.40. The second-order valence-corrected chi connectivity index (χ2v) is 4.62. The number of carboxylic acid groups (broad SMARTS) is 1. The van der Waals surface area contributed by atoms with Crippen molar-refractivity contribution in [1.29, 1.82) is 0 Å². The van der Waals surface area contributed by atoms with E-state index in [0.717, 1.165) is 5.56 Å². The summed E-state index contributed by atoms with van der Waals surface area (Å²) < 4.78 is 5.12. The number of hydrogen-bond acceptors (Lipinski definition) is 5. The van der Waals surface area contributed by atoms with Gasteiger partial charge < -0.3 is 9.84 Å². The Hall–Kier alpha value is -2.44. The zero-order chi connectivity index (χ0) is 14.9. The van der Waals surface area contributed by atoms with Crippen molar-refractivity contribution in [2.45, 2.75) is 32.3 Å². The lowest BCUT2D eigenvalue weighted by Crippen LogP contribution is -2.24. The van der Waals surface area contributed by atoms with Crippen LogP contribution in [0.5, 0.6) is 5.75 Å². The Kier molecular flexibility index (Phi) is 3.69. The molecule has 0 radical (unpaired) electrons. The van der Waals surface area contributed by atoms with Crippen LogP contribution in [0.4, 0.5) is 5.69 Å². The van der Waals surface area contributed by atoms with Crippen LogP contribution in [0.1, 0.15) is 24.5 Å². The van der Waals surface area contributed by atoms with E-state index in [-0.39, 0.29) is 23.6 Å². The molecular weight excluding hydrogens is 266 g/mol. The van der Waals surface area contributed by atoms with Gasteiger partial charge in [0.15, 0.2) is 11.9 Å². The lowest BCUT2D eigenvalue weighted by Gasteiger charge is -2.18. The topological polar surface area (TPSA) is 107 Å². The van der Waals surface area contributed by atoms with Gasteiger partial charge >= 0.3 is 11.7 Å². The van der Waals surface area contributed by atoms with E-state index in [4.69, 9.17) is 9.84 Å². The van der Waals surface area contributed by atoms with E-state index < -0.39 is 17.0 Å². The zero-order valence-electron chi connectivity index (χ0n) is 10.8. The van der Waals surface area contributed by atoms with Crippen molar-refractivity contribution in [3.8, 4) is 5.75 Å². The number of nitro benzene ring substituents is 1. The summed E-state index contributed by atoms with van der Waals surface area (Å²) in [5, 5.41) is 20.0. The predicted octanol–water partition coefficient (Wildman–Crippen LogP) is 1.50. The van der Waals surface area contributed by atoms with Crippen LogP contribution in [-0.2, 0) is 22.4 Å². The minimum Gasteiger partial charge on any atom is -0.479 e.